The predicted molar refractivity (Wildman–Crippen MR) is 124 cm³/mol. The van der Waals surface area contributed by atoms with Gasteiger partial charge >= 0.3 is 0 Å². The molecule has 1 aliphatic heterocycles. The number of ether oxygens (including phenoxy) is 1. The van der Waals surface area contributed by atoms with Crippen LogP contribution in [0, 0.1) is 5.92 Å². The van der Waals surface area contributed by atoms with E-state index >= 15 is 0 Å². The molecule has 3 atom stereocenters. The van der Waals surface area contributed by atoms with Crippen LogP contribution in [0.4, 0.5) is 0 Å². The smallest absolute Gasteiger partial charge is 0.286 e. The van der Waals surface area contributed by atoms with Crippen molar-refractivity contribution in [2.45, 2.75) is 42.8 Å². The fraction of sp³-hybridized carbons (Fsp3) is 0.333. The molecular formula is C24H25ClN2O3S. The van der Waals surface area contributed by atoms with Crippen LogP contribution in [-0.4, -0.2) is 30.2 Å². The van der Waals surface area contributed by atoms with Gasteiger partial charge in [-0.2, -0.15) is 0 Å². The SMILES string of the molecule is CSc1ccc(CNC(=O)C2CCC3O/C(=C\c4cccc(Cl)c4)C(=O)NC3C2)cc1. The number of hydrogen-bond donors (Lipinski definition) is 2. The number of fused-ring (bicyclic) bond motifs is 1. The molecule has 2 aromatic rings. The highest BCUT2D eigenvalue weighted by atomic mass is 35.5. The predicted octanol–water partition coefficient (Wildman–Crippen LogP) is 4.40. The molecule has 1 saturated heterocycles. The summed E-state index contributed by atoms with van der Waals surface area (Å²) in [7, 11) is 0. The number of carbonyl (C=O) groups is 2. The molecule has 31 heavy (non-hydrogen) atoms. The number of nitrogens with one attached hydrogen (secondary N) is 2. The molecule has 1 saturated carbocycles. The zero-order valence-corrected chi connectivity index (χ0v) is 18.8. The van der Waals surface area contributed by atoms with Crippen LogP contribution in [0.1, 0.15) is 30.4 Å². The first-order valence-electron chi connectivity index (χ1n) is 10.4. The van der Waals surface area contributed by atoms with Gasteiger partial charge < -0.3 is 15.4 Å². The van der Waals surface area contributed by atoms with Gasteiger partial charge in [-0.25, -0.2) is 0 Å². The van der Waals surface area contributed by atoms with Crippen LogP contribution in [0.5, 0.6) is 0 Å². The summed E-state index contributed by atoms with van der Waals surface area (Å²) in [5.41, 5.74) is 1.89. The Morgan fingerprint density at radius 1 is 1.26 bits per heavy atom. The maximum absolute atomic E-state index is 12.7. The maximum atomic E-state index is 12.7. The molecule has 2 amide bonds. The highest BCUT2D eigenvalue weighted by Crippen LogP contribution is 2.32. The van der Waals surface area contributed by atoms with Crippen molar-refractivity contribution in [1.82, 2.24) is 10.6 Å². The number of carbonyl (C=O) groups excluding carboxylic acids is 2. The Bertz CT molecular complexity index is 993. The lowest BCUT2D eigenvalue weighted by molar-refractivity contribution is -0.134. The van der Waals surface area contributed by atoms with Crippen LogP contribution in [0.2, 0.25) is 5.02 Å². The van der Waals surface area contributed by atoms with Gasteiger partial charge in [0.15, 0.2) is 5.76 Å². The minimum Gasteiger partial charge on any atom is -0.483 e. The fourth-order valence-corrected chi connectivity index (χ4v) is 4.66. The molecule has 2 aromatic carbocycles. The number of benzene rings is 2. The maximum Gasteiger partial charge on any atom is 0.286 e. The normalized spacial score (nSPS) is 24.1. The van der Waals surface area contributed by atoms with Crippen LogP contribution < -0.4 is 10.6 Å². The average molecular weight is 457 g/mol. The minimum atomic E-state index is -0.254. The van der Waals surface area contributed by atoms with E-state index in [1.165, 1.54) is 4.90 Å². The van der Waals surface area contributed by atoms with Crippen LogP contribution in [0.15, 0.2) is 59.2 Å². The number of thioether (sulfide) groups is 1. The molecule has 4 rings (SSSR count). The second kappa shape index (κ2) is 9.79. The van der Waals surface area contributed by atoms with Crippen molar-refractivity contribution >= 4 is 41.3 Å². The highest BCUT2D eigenvalue weighted by molar-refractivity contribution is 7.98. The lowest BCUT2D eigenvalue weighted by Gasteiger charge is -2.39. The van der Waals surface area contributed by atoms with Crippen LogP contribution in [0.25, 0.3) is 6.08 Å². The summed E-state index contributed by atoms with van der Waals surface area (Å²) in [6, 6.07) is 15.3. The zero-order valence-electron chi connectivity index (χ0n) is 17.3. The second-order valence-corrected chi connectivity index (χ2v) is 9.19. The third-order valence-corrected chi connectivity index (χ3v) is 6.73. The third kappa shape index (κ3) is 5.43. The van der Waals surface area contributed by atoms with Crippen molar-refractivity contribution in [3.63, 3.8) is 0 Å². The van der Waals surface area contributed by atoms with Crippen molar-refractivity contribution < 1.29 is 14.3 Å². The largest absolute Gasteiger partial charge is 0.483 e. The van der Waals surface area contributed by atoms with Gasteiger partial charge in [0.2, 0.25) is 5.91 Å². The molecule has 7 heteroatoms. The fourth-order valence-electron chi connectivity index (χ4n) is 4.05. The van der Waals surface area contributed by atoms with Gasteiger partial charge in [-0.1, -0.05) is 35.9 Å². The van der Waals surface area contributed by atoms with Gasteiger partial charge in [0.05, 0.1) is 6.04 Å². The van der Waals surface area contributed by atoms with Gasteiger partial charge in [0.25, 0.3) is 5.91 Å². The quantitative estimate of drug-likeness (QED) is 0.516. The minimum absolute atomic E-state index is 0.0295. The molecule has 0 radical (unpaired) electrons. The first kappa shape index (κ1) is 21.8. The summed E-state index contributed by atoms with van der Waals surface area (Å²) in [6.07, 6.45) is 5.66. The molecule has 3 unspecified atom stereocenters. The Kier molecular flexibility index (Phi) is 6.88. The summed E-state index contributed by atoms with van der Waals surface area (Å²) in [6.45, 7) is 0.507. The Morgan fingerprint density at radius 2 is 2.06 bits per heavy atom. The van der Waals surface area contributed by atoms with Gasteiger partial charge in [0.1, 0.15) is 6.10 Å². The van der Waals surface area contributed by atoms with E-state index in [0.717, 1.165) is 24.0 Å². The number of hydrogen-bond acceptors (Lipinski definition) is 4. The van der Waals surface area contributed by atoms with Crippen LogP contribution in [-0.2, 0) is 20.9 Å². The molecule has 2 fully saturated rings. The summed E-state index contributed by atoms with van der Waals surface area (Å²) in [5, 5.41) is 6.67. The zero-order chi connectivity index (χ0) is 21.8. The third-order valence-electron chi connectivity index (χ3n) is 5.75. The Hall–Kier alpha value is -2.44. The van der Waals surface area contributed by atoms with E-state index in [0.29, 0.717) is 23.7 Å². The summed E-state index contributed by atoms with van der Waals surface area (Å²) < 4.78 is 6.00. The van der Waals surface area contributed by atoms with E-state index in [2.05, 4.69) is 22.8 Å². The molecule has 5 nitrogen and oxygen atoms in total. The summed E-state index contributed by atoms with van der Waals surface area (Å²) in [4.78, 5) is 26.4. The number of morpholine rings is 1. The first-order chi connectivity index (χ1) is 15.0. The molecule has 0 aromatic heterocycles. The standard InChI is InChI=1S/C24H25ClN2O3S/c1-31-19-8-5-15(6-9-19)14-26-23(28)17-7-10-21-20(13-17)27-24(29)22(30-21)12-16-3-2-4-18(25)11-16/h2-6,8-9,11-12,17,20-21H,7,10,13-14H2,1H3,(H,26,28)(H,27,29)/b22-12-. The molecule has 162 valence electrons. The molecule has 2 aliphatic rings. The van der Waals surface area contributed by atoms with Crippen molar-refractivity contribution in [1.29, 1.82) is 0 Å². The molecule has 0 bridgehead atoms. The van der Waals surface area contributed by atoms with E-state index < -0.39 is 0 Å². The molecular weight excluding hydrogens is 432 g/mol. The van der Waals surface area contributed by atoms with E-state index in [9.17, 15) is 9.59 Å². The summed E-state index contributed by atoms with van der Waals surface area (Å²) >= 11 is 7.72. The lowest BCUT2D eigenvalue weighted by Crippen LogP contribution is -2.54. The second-order valence-electron chi connectivity index (χ2n) is 7.88. The van der Waals surface area contributed by atoms with Crippen LogP contribution >= 0.6 is 23.4 Å². The Morgan fingerprint density at radius 3 is 2.81 bits per heavy atom. The van der Waals surface area contributed by atoms with Crippen molar-refractivity contribution in [2.75, 3.05) is 6.26 Å². The van der Waals surface area contributed by atoms with Crippen molar-refractivity contribution in [3.8, 4) is 0 Å². The Labute approximate surface area is 191 Å². The van der Waals surface area contributed by atoms with Gasteiger partial charge in [-0.15, -0.1) is 11.8 Å². The summed E-state index contributed by atoms with van der Waals surface area (Å²) in [5.74, 6) is -0.0627. The van der Waals surface area contributed by atoms with E-state index in [1.54, 1.807) is 30.0 Å². The molecule has 1 heterocycles. The van der Waals surface area contributed by atoms with Gasteiger partial charge in [0, 0.05) is 22.4 Å². The highest BCUT2D eigenvalue weighted by Gasteiger charge is 2.40. The topological polar surface area (TPSA) is 67.4 Å². The number of halogens is 1. The number of rotatable bonds is 5. The number of amides is 2. The van der Waals surface area contributed by atoms with E-state index in [-0.39, 0.29) is 29.9 Å². The molecule has 2 N–H and O–H groups in total. The lowest BCUT2D eigenvalue weighted by atomic mass is 9.82. The van der Waals surface area contributed by atoms with Gasteiger partial charge in [-0.3, -0.25) is 9.59 Å². The monoisotopic (exact) mass is 456 g/mol. The molecule has 1 aliphatic carbocycles. The van der Waals surface area contributed by atoms with E-state index in [1.807, 2.05) is 30.5 Å². The first-order valence-corrected chi connectivity index (χ1v) is 12.0. The van der Waals surface area contributed by atoms with Crippen molar-refractivity contribution in [3.05, 3.63) is 70.4 Å². The van der Waals surface area contributed by atoms with Crippen LogP contribution in [0.3, 0.4) is 0 Å². The van der Waals surface area contributed by atoms with Crippen molar-refractivity contribution in [2.24, 2.45) is 5.92 Å². The Balaban J connectivity index is 1.33. The average Bonchev–Trinajstić information content (AvgIpc) is 2.78. The molecule has 0 spiro atoms. The van der Waals surface area contributed by atoms with Gasteiger partial charge in [-0.05, 0) is 67.0 Å². The van der Waals surface area contributed by atoms with E-state index in [4.69, 9.17) is 16.3 Å².